The molecule has 0 saturated heterocycles. The average molecular weight is 856 g/mol. The van der Waals surface area contributed by atoms with Gasteiger partial charge in [-0.05, 0) is 156 Å². The van der Waals surface area contributed by atoms with E-state index in [4.69, 9.17) is 0 Å². The lowest BCUT2D eigenvalue weighted by atomic mass is 9.66. The van der Waals surface area contributed by atoms with Crippen molar-refractivity contribution in [3.8, 4) is 22.3 Å². The highest BCUT2D eigenvalue weighted by Crippen LogP contribution is 2.57. The van der Waals surface area contributed by atoms with Crippen molar-refractivity contribution in [3.05, 3.63) is 286 Å². The van der Waals surface area contributed by atoms with E-state index >= 15 is 0 Å². The van der Waals surface area contributed by atoms with Crippen LogP contribution in [0.4, 0.5) is 17.1 Å². The Balaban J connectivity index is 0.933. The van der Waals surface area contributed by atoms with Crippen LogP contribution in [0.5, 0.6) is 0 Å². The molecule has 9 aromatic rings. The molecule has 0 radical (unpaired) electrons. The van der Waals surface area contributed by atoms with Crippen LogP contribution >= 0.6 is 0 Å². The van der Waals surface area contributed by atoms with Crippen LogP contribution < -0.4 is 4.90 Å². The van der Waals surface area contributed by atoms with Crippen LogP contribution in [0, 0.1) is 0 Å². The van der Waals surface area contributed by atoms with Gasteiger partial charge in [0, 0.05) is 22.5 Å². The first-order chi connectivity index (χ1) is 33.1. The molecule has 9 aromatic carbocycles. The predicted molar refractivity (Wildman–Crippen MR) is 282 cm³/mol. The van der Waals surface area contributed by atoms with Gasteiger partial charge in [0.1, 0.15) is 0 Å². The maximum Gasteiger partial charge on any atom is 0.0720 e. The van der Waals surface area contributed by atoms with Gasteiger partial charge < -0.3 is 4.90 Å². The van der Waals surface area contributed by atoms with E-state index in [1.54, 1.807) is 0 Å². The molecule has 0 fully saturated rings. The third-order valence-corrected chi connectivity index (χ3v) is 14.9. The highest BCUT2D eigenvalue weighted by atomic mass is 15.1. The molecule has 318 valence electrons. The molecule has 0 aromatic heterocycles. The van der Waals surface area contributed by atoms with Crippen molar-refractivity contribution < 1.29 is 0 Å². The van der Waals surface area contributed by atoms with Crippen LogP contribution in [0.3, 0.4) is 0 Å². The molecular weight excluding hydrogens is 807 g/mol. The molecule has 0 unspecified atom stereocenters. The van der Waals surface area contributed by atoms with E-state index in [0.717, 1.165) is 29.9 Å². The van der Waals surface area contributed by atoms with Gasteiger partial charge in [0.05, 0.1) is 5.41 Å². The van der Waals surface area contributed by atoms with Gasteiger partial charge in [0.2, 0.25) is 0 Å². The molecule has 12 rings (SSSR count). The van der Waals surface area contributed by atoms with E-state index in [9.17, 15) is 0 Å². The molecule has 67 heavy (non-hydrogen) atoms. The summed E-state index contributed by atoms with van der Waals surface area (Å²) in [6, 6.07) is 78.3. The van der Waals surface area contributed by atoms with E-state index in [2.05, 4.69) is 267 Å². The zero-order chi connectivity index (χ0) is 45.0. The Labute approximate surface area is 394 Å². The van der Waals surface area contributed by atoms with Crippen molar-refractivity contribution in [1.82, 2.24) is 0 Å². The molecule has 0 saturated carbocycles. The van der Waals surface area contributed by atoms with Gasteiger partial charge in [0.25, 0.3) is 0 Å². The molecule has 0 amide bonds. The molecule has 1 nitrogen and oxygen atoms in total. The van der Waals surface area contributed by atoms with E-state index in [-0.39, 0.29) is 5.41 Å². The lowest BCUT2D eigenvalue weighted by Gasteiger charge is -2.34. The maximum atomic E-state index is 3.34. The van der Waals surface area contributed by atoms with Crippen molar-refractivity contribution in [2.24, 2.45) is 0 Å². The van der Waals surface area contributed by atoms with Crippen LogP contribution in [0.15, 0.2) is 242 Å². The first kappa shape index (κ1) is 40.3. The summed E-state index contributed by atoms with van der Waals surface area (Å²) in [4.78, 5) is 2.43. The number of rotatable bonds is 10. The van der Waals surface area contributed by atoms with Gasteiger partial charge in [-0.25, -0.2) is 0 Å². The molecule has 0 spiro atoms. The van der Waals surface area contributed by atoms with Crippen molar-refractivity contribution in [2.75, 3.05) is 4.90 Å². The number of fused-ring (bicyclic) bond motifs is 6. The summed E-state index contributed by atoms with van der Waals surface area (Å²) in [5, 5.41) is 2.50. The molecule has 3 aliphatic carbocycles. The monoisotopic (exact) mass is 855 g/mol. The van der Waals surface area contributed by atoms with E-state index in [1.807, 2.05) is 0 Å². The van der Waals surface area contributed by atoms with E-state index in [0.29, 0.717) is 0 Å². The fraction of sp³-hybridized carbons (Fsp3) is 0.0909. The van der Waals surface area contributed by atoms with Crippen LogP contribution in [0.25, 0.3) is 50.8 Å². The third kappa shape index (κ3) is 6.40. The summed E-state index contributed by atoms with van der Waals surface area (Å²) in [5.41, 5.74) is 27.3. The van der Waals surface area contributed by atoms with E-state index in [1.165, 1.54) is 88.7 Å². The topological polar surface area (TPSA) is 3.24 Å². The molecule has 1 heteroatoms. The summed E-state index contributed by atoms with van der Waals surface area (Å²) >= 11 is 0. The minimum atomic E-state index is -0.473. The second kappa shape index (κ2) is 16.4. The first-order valence-corrected chi connectivity index (χ1v) is 23.7. The normalized spacial score (nSPS) is 14.6. The third-order valence-electron chi connectivity index (χ3n) is 14.9. The fourth-order valence-corrected chi connectivity index (χ4v) is 11.7. The molecule has 0 heterocycles. The number of benzene rings is 9. The molecule has 3 aliphatic rings. The van der Waals surface area contributed by atoms with Gasteiger partial charge in [-0.3, -0.25) is 0 Å². The predicted octanol–water partition coefficient (Wildman–Crippen LogP) is 17.2. The lowest BCUT2D eigenvalue weighted by Crippen LogP contribution is -2.29. The second-order valence-electron chi connectivity index (χ2n) is 18.1. The summed E-state index contributed by atoms with van der Waals surface area (Å²) in [7, 11) is 0. The summed E-state index contributed by atoms with van der Waals surface area (Å²) in [6.45, 7) is 4.73. The van der Waals surface area contributed by atoms with Crippen LogP contribution in [-0.4, -0.2) is 0 Å². The Hall–Kier alpha value is -8.18. The minimum Gasteiger partial charge on any atom is -0.310 e. The number of allylic oxidation sites excluding steroid dienone is 4. The zero-order valence-corrected chi connectivity index (χ0v) is 37.9. The Morgan fingerprint density at radius 1 is 0.448 bits per heavy atom. The Morgan fingerprint density at radius 3 is 1.81 bits per heavy atom. The summed E-state index contributed by atoms with van der Waals surface area (Å²) in [6.07, 6.45) is 10.9. The molecule has 0 N–H and O–H groups in total. The molecule has 0 bridgehead atoms. The largest absolute Gasteiger partial charge is 0.310 e. The zero-order valence-electron chi connectivity index (χ0n) is 37.9. The van der Waals surface area contributed by atoms with Crippen molar-refractivity contribution in [3.63, 3.8) is 0 Å². The summed E-state index contributed by atoms with van der Waals surface area (Å²) in [5.74, 6) is 0. The van der Waals surface area contributed by atoms with E-state index < -0.39 is 5.41 Å². The Morgan fingerprint density at radius 2 is 1.06 bits per heavy atom. The summed E-state index contributed by atoms with van der Waals surface area (Å²) < 4.78 is 0. The number of hydrogen-bond donors (Lipinski definition) is 0. The van der Waals surface area contributed by atoms with Gasteiger partial charge in [0.15, 0.2) is 0 Å². The molecule has 0 atom stereocenters. The minimum absolute atomic E-state index is 0.135. The van der Waals surface area contributed by atoms with Crippen LogP contribution in [0.2, 0.25) is 0 Å². The quantitative estimate of drug-likeness (QED) is 0.0978. The first-order valence-electron chi connectivity index (χ1n) is 23.7. The van der Waals surface area contributed by atoms with Crippen molar-refractivity contribution >= 4 is 45.6 Å². The van der Waals surface area contributed by atoms with Crippen molar-refractivity contribution in [1.29, 1.82) is 0 Å². The van der Waals surface area contributed by atoms with Crippen LogP contribution in [0.1, 0.15) is 71.2 Å². The number of para-hydroxylation sites is 1. The Kier molecular flexibility index (Phi) is 9.85. The number of nitrogens with zero attached hydrogens (tertiary/aromatic N) is 1. The fourth-order valence-electron chi connectivity index (χ4n) is 11.7. The highest BCUT2D eigenvalue weighted by Gasteiger charge is 2.47. The Bertz CT molecular complexity index is 3510. The smallest absolute Gasteiger partial charge is 0.0720 e. The maximum absolute atomic E-state index is 3.34. The van der Waals surface area contributed by atoms with Gasteiger partial charge >= 0.3 is 0 Å². The lowest BCUT2D eigenvalue weighted by molar-refractivity contribution is 0.490. The molecular formula is C66H49N. The second-order valence-corrected chi connectivity index (χ2v) is 18.1. The van der Waals surface area contributed by atoms with Crippen LogP contribution in [-0.2, 0) is 10.8 Å². The van der Waals surface area contributed by atoms with Crippen molar-refractivity contribution in [2.45, 2.75) is 37.5 Å². The molecule has 0 aliphatic heterocycles. The van der Waals surface area contributed by atoms with Gasteiger partial charge in [-0.2, -0.15) is 0 Å². The van der Waals surface area contributed by atoms with Gasteiger partial charge in [-0.15, -0.1) is 0 Å². The number of hydrogen-bond acceptors (Lipinski definition) is 1. The SMILES string of the molecule is CCC1(CC)c2cc(C=Cc3cccc4c3C3=C(C=C=C=C3)C4(c3ccccc3)c3ccccc3)ccc2-c2ccc(N(c3ccccc3)c3cccc(-c4ccc5ccccc5c4)c3)cc21. The number of anilines is 3. The average Bonchev–Trinajstić information content (AvgIpc) is 3.86. The highest BCUT2D eigenvalue weighted by molar-refractivity contribution is 5.97. The van der Waals surface area contributed by atoms with Gasteiger partial charge in [-0.1, -0.05) is 207 Å². The standard InChI is InChI=1S/C66H49N/c1-3-65(4-2)62-42-46(34-36-48-22-19-33-61-64(48)59-31-16-17-32-60(59)66(61,52-24-8-5-9-25-52)53-26-10-6-11-27-53)35-40-57(62)58-41-39-56(45-63(58)65)67(54-28-12-7-13-29-54)55-30-18-23-50(44-55)51-38-37-47-20-14-15-21-49(47)43-51/h5-15,18-45H,3-4H2,1-2H3.